The van der Waals surface area contributed by atoms with E-state index in [1.807, 2.05) is 13.8 Å². The number of hydrogen-bond donors (Lipinski definition) is 2. The summed E-state index contributed by atoms with van der Waals surface area (Å²) in [6.07, 6.45) is 0.305. The molecule has 1 unspecified atom stereocenters. The third-order valence-electron chi connectivity index (χ3n) is 4.21. The first-order valence-electron chi connectivity index (χ1n) is 8.06. The van der Waals surface area contributed by atoms with Crippen molar-refractivity contribution < 1.29 is 18.3 Å². The predicted octanol–water partition coefficient (Wildman–Crippen LogP) is 3.93. The van der Waals surface area contributed by atoms with E-state index in [1.165, 1.54) is 12.1 Å². The van der Waals surface area contributed by atoms with E-state index in [0.717, 1.165) is 11.6 Å². The van der Waals surface area contributed by atoms with Crippen LogP contribution in [0.3, 0.4) is 0 Å². The molecule has 3 N–H and O–H groups in total. The van der Waals surface area contributed by atoms with E-state index in [9.17, 15) is 13.6 Å². The number of nitrogen functional groups attached to an aromatic ring is 1. The molecule has 4 nitrogen and oxygen atoms in total. The SMILES string of the molecule is CC1(C)CC(NC(=O)Cc2cccc(F)c2F)c2cc(N)ccc2O1.Cl. The zero-order chi connectivity index (χ0) is 18.2. The van der Waals surface area contributed by atoms with Crippen LogP contribution in [0.15, 0.2) is 36.4 Å². The molecule has 7 heteroatoms. The van der Waals surface area contributed by atoms with Crippen LogP contribution in [0.2, 0.25) is 0 Å². The lowest BCUT2D eigenvalue weighted by atomic mass is 9.89. The Morgan fingerprint density at radius 3 is 2.77 bits per heavy atom. The number of amides is 1. The van der Waals surface area contributed by atoms with E-state index in [2.05, 4.69) is 5.32 Å². The second-order valence-electron chi connectivity index (χ2n) is 6.87. The fourth-order valence-corrected chi connectivity index (χ4v) is 3.11. The average molecular weight is 383 g/mol. The fraction of sp³-hybridized carbons (Fsp3) is 0.316. The van der Waals surface area contributed by atoms with Crippen LogP contribution in [0.25, 0.3) is 0 Å². The molecule has 0 saturated carbocycles. The monoisotopic (exact) mass is 382 g/mol. The van der Waals surface area contributed by atoms with Gasteiger partial charge in [-0.05, 0) is 38.1 Å². The summed E-state index contributed by atoms with van der Waals surface area (Å²) in [6.45, 7) is 3.86. The maximum atomic E-state index is 13.8. The number of benzene rings is 2. The first-order valence-corrected chi connectivity index (χ1v) is 8.06. The van der Waals surface area contributed by atoms with Crippen molar-refractivity contribution in [2.45, 2.75) is 38.3 Å². The number of anilines is 1. The van der Waals surface area contributed by atoms with Gasteiger partial charge in [0.15, 0.2) is 11.6 Å². The van der Waals surface area contributed by atoms with Gasteiger partial charge in [0.05, 0.1) is 12.5 Å². The second-order valence-corrected chi connectivity index (χ2v) is 6.87. The maximum Gasteiger partial charge on any atom is 0.225 e. The summed E-state index contributed by atoms with van der Waals surface area (Å²) in [5.41, 5.74) is 6.75. The third-order valence-corrected chi connectivity index (χ3v) is 4.21. The molecule has 1 aliphatic heterocycles. The van der Waals surface area contributed by atoms with E-state index >= 15 is 0 Å². The van der Waals surface area contributed by atoms with Gasteiger partial charge >= 0.3 is 0 Å². The standard InChI is InChI=1S/C19H20F2N2O2.ClH/c1-19(2)10-15(13-9-12(22)6-7-16(13)25-19)23-17(24)8-11-4-3-5-14(20)18(11)21;/h3-7,9,15H,8,10,22H2,1-2H3,(H,23,24);1H. The van der Waals surface area contributed by atoms with Crippen LogP contribution in [0.4, 0.5) is 14.5 Å². The van der Waals surface area contributed by atoms with Crippen molar-refractivity contribution in [1.82, 2.24) is 5.32 Å². The Morgan fingerprint density at radius 1 is 1.31 bits per heavy atom. The Labute approximate surface area is 157 Å². The van der Waals surface area contributed by atoms with Gasteiger partial charge in [0.25, 0.3) is 0 Å². The number of rotatable bonds is 3. The van der Waals surface area contributed by atoms with Crippen molar-refractivity contribution in [3.05, 3.63) is 59.2 Å². The molecule has 0 saturated heterocycles. The molecule has 0 fully saturated rings. The van der Waals surface area contributed by atoms with Gasteiger partial charge in [-0.15, -0.1) is 12.4 Å². The molecule has 0 bridgehead atoms. The van der Waals surface area contributed by atoms with Crippen LogP contribution in [0.1, 0.15) is 37.4 Å². The van der Waals surface area contributed by atoms with Crippen molar-refractivity contribution in [2.24, 2.45) is 0 Å². The molecule has 2 aromatic rings. The highest BCUT2D eigenvalue weighted by Crippen LogP contribution is 2.40. The van der Waals surface area contributed by atoms with Gasteiger partial charge in [-0.25, -0.2) is 8.78 Å². The van der Waals surface area contributed by atoms with E-state index in [-0.39, 0.29) is 36.3 Å². The molecule has 1 atom stereocenters. The minimum absolute atomic E-state index is 0. The zero-order valence-corrected chi connectivity index (χ0v) is 15.3. The number of nitrogens with one attached hydrogen (secondary N) is 1. The highest BCUT2D eigenvalue weighted by atomic mass is 35.5. The summed E-state index contributed by atoms with van der Waals surface area (Å²) >= 11 is 0. The van der Waals surface area contributed by atoms with Crippen molar-refractivity contribution in [1.29, 1.82) is 0 Å². The Kier molecular flexibility index (Phi) is 5.76. The molecule has 0 aliphatic carbocycles. The molecule has 1 heterocycles. The van der Waals surface area contributed by atoms with E-state index in [0.29, 0.717) is 17.9 Å². The zero-order valence-electron chi connectivity index (χ0n) is 14.5. The first-order chi connectivity index (χ1) is 11.7. The van der Waals surface area contributed by atoms with Gasteiger partial charge in [-0.3, -0.25) is 4.79 Å². The number of ether oxygens (including phenoxy) is 1. The van der Waals surface area contributed by atoms with E-state index < -0.39 is 17.2 Å². The lowest BCUT2D eigenvalue weighted by Crippen LogP contribution is -2.41. The predicted molar refractivity (Wildman–Crippen MR) is 98.4 cm³/mol. The van der Waals surface area contributed by atoms with Crippen LogP contribution >= 0.6 is 12.4 Å². The number of nitrogens with two attached hydrogens (primary N) is 1. The molecule has 3 rings (SSSR count). The fourth-order valence-electron chi connectivity index (χ4n) is 3.11. The summed E-state index contributed by atoms with van der Waals surface area (Å²) in [7, 11) is 0. The van der Waals surface area contributed by atoms with E-state index in [4.69, 9.17) is 10.5 Å². The van der Waals surface area contributed by atoms with Gasteiger partial charge in [0.1, 0.15) is 11.4 Å². The van der Waals surface area contributed by atoms with Crippen molar-refractivity contribution in [3.63, 3.8) is 0 Å². The van der Waals surface area contributed by atoms with Crippen LogP contribution in [-0.2, 0) is 11.2 Å². The summed E-state index contributed by atoms with van der Waals surface area (Å²) in [4.78, 5) is 12.4. The molecular weight excluding hydrogens is 362 g/mol. The Hall–Kier alpha value is -2.34. The quantitative estimate of drug-likeness (QED) is 0.790. The molecule has 140 valence electrons. The molecule has 0 spiro atoms. The van der Waals surface area contributed by atoms with Gasteiger partial charge in [0, 0.05) is 23.2 Å². The van der Waals surface area contributed by atoms with Crippen LogP contribution in [0.5, 0.6) is 5.75 Å². The number of hydrogen-bond acceptors (Lipinski definition) is 3. The van der Waals surface area contributed by atoms with Gasteiger partial charge in [-0.2, -0.15) is 0 Å². The minimum Gasteiger partial charge on any atom is -0.487 e. The van der Waals surface area contributed by atoms with Crippen molar-refractivity contribution >= 4 is 24.0 Å². The van der Waals surface area contributed by atoms with Gasteiger partial charge in [-0.1, -0.05) is 12.1 Å². The van der Waals surface area contributed by atoms with E-state index in [1.54, 1.807) is 18.2 Å². The van der Waals surface area contributed by atoms with Gasteiger partial charge in [0.2, 0.25) is 5.91 Å². The van der Waals surface area contributed by atoms with Crippen LogP contribution < -0.4 is 15.8 Å². The summed E-state index contributed by atoms with van der Waals surface area (Å²) < 4.78 is 33.0. The topological polar surface area (TPSA) is 64.4 Å². The van der Waals surface area contributed by atoms with Crippen molar-refractivity contribution in [3.8, 4) is 5.75 Å². The number of fused-ring (bicyclic) bond motifs is 1. The molecular formula is C19H21ClF2N2O2. The summed E-state index contributed by atoms with van der Waals surface area (Å²) in [5, 5.41) is 2.89. The highest BCUT2D eigenvalue weighted by molar-refractivity contribution is 5.85. The molecule has 0 radical (unpaired) electrons. The Bertz CT molecular complexity index is 827. The van der Waals surface area contributed by atoms with Gasteiger partial charge < -0.3 is 15.8 Å². The lowest BCUT2D eigenvalue weighted by molar-refractivity contribution is -0.121. The molecule has 2 aromatic carbocycles. The first kappa shape index (κ1) is 20.0. The molecule has 1 amide bonds. The highest BCUT2D eigenvalue weighted by Gasteiger charge is 2.34. The number of halogens is 3. The molecule has 26 heavy (non-hydrogen) atoms. The van der Waals surface area contributed by atoms with Crippen LogP contribution in [-0.4, -0.2) is 11.5 Å². The van der Waals surface area contributed by atoms with Crippen molar-refractivity contribution in [2.75, 3.05) is 5.73 Å². The Morgan fingerprint density at radius 2 is 2.04 bits per heavy atom. The molecule has 1 aliphatic rings. The summed E-state index contributed by atoms with van der Waals surface area (Å²) in [6, 6.07) is 8.77. The number of carbonyl (C=O) groups is 1. The normalized spacial score (nSPS) is 17.5. The third kappa shape index (κ3) is 4.25. The minimum atomic E-state index is -0.991. The maximum absolute atomic E-state index is 13.8. The molecule has 0 aromatic heterocycles. The smallest absolute Gasteiger partial charge is 0.225 e. The number of carbonyl (C=O) groups excluding carboxylic acids is 1. The largest absolute Gasteiger partial charge is 0.487 e. The lowest BCUT2D eigenvalue weighted by Gasteiger charge is -2.38. The second kappa shape index (κ2) is 7.50. The Balaban J connectivity index is 0.00000243. The average Bonchev–Trinajstić information content (AvgIpc) is 2.52. The summed E-state index contributed by atoms with van der Waals surface area (Å²) in [5.74, 6) is -1.68. The van der Waals surface area contributed by atoms with Crippen LogP contribution in [0, 0.1) is 11.6 Å².